The summed E-state index contributed by atoms with van der Waals surface area (Å²) in [5, 5.41) is 3.43. The van der Waals surface area contributed by atoms with Gasteiger partial charge in [0.25, 0.3) is 0 Å². The first kappa shape index (κ1) is 20.5. The summed E-state index contributed by atoms with van der Waals surface area (Å²) >= 11 is 2.25. The number of halogens is 2. The highest BCUT2D eigenvalue weighted by Crippen LogP contribution is 2.35. The van der Waals surface area contributed by atoms with E-state index in [0.717, 1.165) is 20.4 Å². The molecule has 0 aliphatic heterocycles. The van der Waals surface area contributed by atoms with E-state index in [1.165, 1.54) is 17.7 Å². The highest BCUT2D eigenvalue weighted by atomic mass is 127. The number of hydrogen-bond acceptors (Lipinski definition) is 3. The molecule has 146 valence electrons. The molecular formula is C23H23FINO2. The number of benzene rings is 3. The molecule has 0 aliphatic carbocycles. The molecule has 0 spiro atoms. The molecule has 0 aromatic heterocycles. The van der Waals surface area contributed by atoms with Gasteiger partial charge in [0, 0.05) is 12.2 Å². The lowest BCUT2D eigenvalue weighted by molar-refractivity contribution is 0.267. The Morgan fingerprint density at radius 2 is 1.75 bits per heavy atom. The Morgan fingerprint density at radius 1 is 0.964 bits per heavy atom. The number of nitrogens with one attached hydrogen (secondary N) is 1. The predicted octanol–water partition coefficient (Wildman–Crippen LogP) is 6.33. The zero-order valence-corrected chi connectivity index (χ0v) is 18.1. The molecule has 0 saturated heterocycles. The highest BCUT2D eigenvalue weighted by Gasteiger charge is 2.13. The van der Waals surface area contributed by atoms with Crippen LogP contribution in [0.2, 0.25) is 0 Å². The molecule has 0 unspecified atom stereocenters. The van der Waals surface area contributed by atoms with Crippen molar-refractivity contribution in [2.45, 2.75) is 27.0 Å². The van der Waals surface area contributed by atoms with E-state index in [1.54, 1.807) is 6.07 Å². The summed E-state index contributed by atoms with van der Waals surface area (Å²) in [5.41, 5.74) is 4.19. The number of ether oxygens (including phenoxy) is 2. The Kier molecular flexibility index (Phi) is 7.14. The van der Waals surface area contributed by atoms with Crippen LogP contribution in [0.25, 0.3) is 0 Å². The van der Waals surface area contributed by atoms with Gasteiger partial charge >= 0.3 is 0 Å². The molecule has 0 saturated carbocycles. The van der Waals surface area contributed by atoms with Crippen LogP contribution in [0.15, 0.2) is 60.7 Å². The largest absolute Gasteiger partial charge is 0.490 e. The lowest BCUT2D eigenvalue weighted by atomic mass is 10.1. The number of rotatable bonds is 8. The van der Waals surface area contributed by atoms with Crippen LogP contribution in [0, 0.1) is 16.3 Å². The normalized spacial score (nSPS) is 10.6. The average Bonchev–Trinajstić information content (AvgIpc) is 2.67. The summed E-state index contributed by atoms with van der Waals surface area (Å²) in [6.07, 6.45) is 0. The van der Waals surface area contributed by atoms with E-state index in [1.807, 2.05) is 19.1 Å². The van der Waals surface area contributed by atoms with Crippen molar-refractivity contribution in [3.63, 3.8) is 0 Å². The van der Waals surface area contributed by atoms with Crippen LogP contribution < -0.4 is 14.8 Å². The molecule has 3 nitrogen and oxygen atoms in total. The minimum Gasteiger partial charge on any atom is -0.490 e. The average molecular weight is 491 g/mol. The monoisotopic (exact) mass is 491 g/mol. The maximum absolute atomic E-state index is 13.4. The molecule has 28 heavy (non-hydrogen) atoms. The first-order chi connectivity index (χ1) is 13.5. The molecule has 5 heteroatoms. The van der Waals surface area contributed by atoms with Crippen molar-refractivity contribution in [2.75, 3.05) is 11.9 Å². The van der Waals surface area contributed by atoms with Gasteiger partial charge in [0.2, 0.25) is 0 Å². The van der Waals surface area contributed by atoms with Crippen LogP contribution in [-0.2, 0) is 13.2 Å². The van der Waals surface area contributed by atoms with Crippen molar-refractivity contribution in [1.82, 2.24) is 0 Å². The summed E-state index contributed by atoms with van der Waals surface area (Å²) in [6, 6.07) is 18.8. The fourth-order valence-corrected chi connectivity index (χ4v) is 3.61. The summed E-state index contributed by atoms with van der Waals surface area (Å²) in [5.74, 6) is 1.12. The minimum absolute atomic E-state index is 0.265. The van der Waals surface area contributed by atoms with Gasteiger partial charge in [0.05, 0.1) is 10.2 Å². The third-order valence-electron chi connectivity index (χ3n) is 4.19. The van der Waals surface area contributed by atoms with Gasteiger partial charge in [-0.15, -0.1) is 0 Å². The lowest BCUT2D eigenvalue weighted by Crippen LogP contribution is -2.05. The minimum atomic E-state index is -0.265. The molecule has 0 heterocycles. The van der Waals surface area contributed by atoms with Crippen LogP contribution in [-0.4, -0.2) is 6.61 Å². The van der Waals surface area contributed by atoms with E-state index >= 15 is 0 Å². The van der Waals surface area contributed by atoms with E-state index in [9.17, 15) is 4.39 Å². The standard InChI is InChI=1S/C23H23FINO2/c1-3-27-22-13-18(14-26-20-9-7-16(2)8-10-20)12-21(25)23(22)28-15-17-5-4-6-19(24)11-17/h4-13,26H,3,14-15H2,1-2H3. The van der Waals surface area contributed by atoms with Crippen molar-refractivity contribution < 1.29 is 13.9 Å². The molecule has 0 radical (unpaired) electrons. The van der Waals surface area contributed by atoms with Crippen LogP contribution in [0.4, 0.5) is 10.1 Å². The van der Waals surface area contributed by atoms with E-state index < -0.39 is 0 Å². The number of anilines is 1. The smallest absolute Gasteiger partial charge is 0.174 e. The maximum atomic E-state index is 13.4. The Labute approximate surface area is 179 Å². The zero-order valence-electron chi connectivity index (χ0n) is 16.0. The third-order valence-corrected chi connectivity index (χ3v) is 4.99. The fourth-order valence-electron chi connectivity index (χ4n) is 2.78. The van der Waals surface area contributed by atoms with Gasteiger partial charge in [0.15, 0.2) is 11.5 Å². The van der Waals surface area contributed by atoms with Gasteiger partial charge in [-0.05, 0) is 84.0 Å². The van der Waals surface area contributed by atoms with Gasteiger partial charge in [-0.2, -0.15) is 0 Å². The van der Waals surface area contributed by atoms with E-state index in [4.69, 9.17) is 9.47 Å². The lowest BCUT2D eigenvalue weighted by Gasteiger charge is -2.16. The second-order valence-corrected chi connectivity index (χ2v) is 7.64. The topological polar surface area (TPSA) is 30.5 Å². The molecule has 0 amide bonds. The molecular weight excluding hydrogens is 468 g/mol. The summed E-state index contributed by atoms with van der Waals surface area (Å²) in [4.78, 5) is 0. The second kappa shape index (κ2) is 9.78. The van der Waals surface area contributed by atoms with Crippen LogP contribution in [0.5, 0.6) is 11.5 Å². The van der Waals surface area contributed by atoms with Gasteiger partial charge < -0.3 is 14.8 Å². The van der Waals surface area contributed by atoms with E-state index in [0.29, 0.717) is 24.7 Å². The highest BCUT2D eigenvalue weighted by molar-refractivity contribution is 14.1. The molecule has 1 N–H and O–H groups in total. The van der Waals surface area contributed by atoms with Crippen molar-refractivity contribution >= 4 is 28.3 Å². The Bertz CT molecular complexity index is 928. The van der Waals surface area contributed by atoms with Gasteiger partial charge in [-0.3, -0.25) is 0 Å². The maximum Gasteiger partial charge on any atom is 0.174 e. The number of aryl methyl sites for hydroxylation is 1. The van der Waals surface area contributed by atoms with Crippen molar-refractivity contribution in [3.8, 4) is 11.5 Å². The van der Waals surface area contributed by atoms with Gasteiger partial charge in [-0.1, -0.05) is 29.8 Å². The first-order valence-electron chi connectivity index (χ1n) is 9.18. The second-order valence-electron chi connectivity index (χ2n) is 6.48. The molecule has 3 aromatic carbocycles. The van der Waals surface area contributed by atoms with Gasteiger partial charge in [0.1, 0.15) is 12.4 Å². The van der Waals surface area contributed by atoms with Crippen molar-refractivity contribution in [1.29, 1.82) is 0 Å². The van der Waals surface area contributed by atoms with Crippen molar-refractivity contribution in [3.05, 3.63) is 86.7 Å². The molecule has 0 bridgehead atoms. The van der Waals surface area contributed by atoms with Gasteiger partial charge in [-0.25, -0.2) is 4.39 Å². The fraction of sp³-hybridized carbons (Fsp3) is 0.217. The van der Waals surface area contributed by atoms with Crippen molar-refractivity contribution in [2.24, 2.45) is 0 Å². The third kappa shape index (κ3) is 5.61. The Balaban J connectivity index is 1.74. The van der Waals surface area contributed by atoms with Crippen LogP contribution in [0.3, 0.4) is 0 Å². The molecule has 0 atom stereocenters. The van der Waals surface area contributed by atoms with E-state index in [2.05, 4.69) is 65.2 Å². The van der Waals surface area contributed by atoms with Crippen LogP contribution in [0.1, 0.15) is 23.6 Å². The zero-order chi connectivity index (χ0) is 19.9. The summed E-state index contributed by atoms with van der Waals surface area (Å²) < 4.78 is 26.1. The predicted molar refractivity (Wildman–Crippen MR) is 120 cm³/mol. The molecule has 0 aliphatic rings. The quantitative estimate of drug-likeness (QED) is 0.374. The molecule has 0 fully saturated rings. The summed E-state index contributed by atoms with van der Waals surface area (Å²) in [6.45, 7) is 5.53. The Hall–Kier alpha value is -2.28. The Morgan fingerprint density at radius 3 is 2.46 bits per heavy atom. The SMILES string of the molecule is CCOc1cc(CNc2ccc(C)cc2)cc(I)c1OCc1cccc(F)c1. The molecule has 3 aromatic rings. The van der Waals surface area contributed by atoms with Crippen LogP contribution >= 0.6 is 22.6 Å². The van der Waals surface area contributed by atoms with E-state index in [-0.39, 0.29) is 12.4 Å². The number of hydrogen-bond donors (Lipinski definition) is 1. The molecule has 3 rings (SSSR count). The first-order valence-corrected chi connectivity index (χ1v) is 10.3. The summed E-state index contributed by atoms with van der Waals surface area (Å²) in [7, 11) is 0.